The van der Waals surface area contributed by atoms with Crippen LogP contribution in [0.3, 0.4) is 0 Å². The minimum Gasteiger partial charge on any atom is -0.388 e. The number of fused-ring (bicyclic) bond motifs is 1. The first-order valence-electron chi connectivity index (χ1n) is 13.1. The van der Waals surface area contributed by atoms with E-state index < -0.39 is 6.10 Å². The highest BCUT2D eigenvalue weighted by Crippen LogP contribution is 2.30. The van der Waals surface area contributed by atoms with Crippen molar-refractivity contribution in [3.05, 3.63) is 90.6 Å². The fourth-order valence-electron chi connectivity index (χ4n) is 5.14. The maximum Gasteiger partial charge on any atom is 0.225 e. The van der Waals surface area contributed by atoms with Gasteiger partial charge in [0.1, 0.15) is 23.2 Å². The highest BCUT2D eigenvalue weighted by molar-refractivity contribution is 5.78. The maximum atomic E-state index is 12.8. The maximum absolute atomic E-state index is 12.8. The number of nitrogens with zero attached hydrogens (tertiary/aromatic N) is 8. The summed E-state index contributed by atoms with van der Waals surface area (Å²) in [6, 6.07) is 19.4. The van der Waals surface area contributed by atoms with Crippen molar-refractivity contribution in [2.45, 2.75) is 12.5 Å². The topological polar surface area (TPSA) is 116 Å². The van der Waals surface area contributed by atoms with Gasteiger partial charge in [0.15, 0.2) is 0 Å². The molecule has 1 aliphatic heterocycles. The lowest BCUT2D eigenvalue weighted by Crippen LogP contribution is -2.49. The van der Waals surface area contributed by atoms with Gasteiger partial charge in [-0.25, -0.2) is 9.97 Å². The highest BCUT2D eigenvalue weighted by Gasteiger charge is 2.24. The first-order chi connectivity index (χ1) is 19.5. The van der Waals surface area contributed by atoms with Crippen LogP contribution in [0.5, 0.6) is 0 Å². The van der Waals surface area contributed by atoms with Gasteiger partial charge >= 0.3 is 0 Å². The van der Waals surface area contributed by atoms with E-state index in [9.17, 15) is 15.2 Å². The summed E-state index contributed by atoms with van der Waals surface area (Å²) < 4.78 is 3.59. The number of pyridine rings is 2. The number of anilines is 1. The van der Waals surface area contributed by atoms with E-state index in [2.05, 4.69) is 21.1 Å². The van der Waals surface area contributed by atoms with Crippen molar-refractivity contribution in [1.82, 2.24) is 29.0 Å². The van der Waals surface area contributed by atoms with E-state index in [1.807, 2.05) is 78.4 Å². The van der Waals surface area contributed by atoms with Crippen LogP contribution in [0, 0.1) is 11.3 Å². The second-order valence-electron chi connectivity index (χ2n) is 9.88. The van der Waals surface area contributed by atoms with Crippen LogP contribution >= 0.6 is 0 Å². The monoisotopic (exact) mass is 532 g/mol. The zero-order valence-corrected chi connectivity index (χ0v) is 22.1. The molecular weight excluding hydrogens is 504 g/mol. The Balaban J connectivity index is 1.18. The molecule has 0 unspecified atom stereocenters. The van der Waals surface area contributed by atoms with Crippen molar-refractivity contribution in [3.8, 4) is 28.5 Å². The van der Waals surface area contributed by atoms with E-state index in [-0.39, 0.29) is 12.3 Å². The average Bonchev–Trinajstić information content (AvgIpc) is 3.63. The molecule has 6 rings (SSSR count). The van der Waals surface area contributed by atoms with Gasteiger partial charge in [-0.05, 0) is 35.4 Å². The third kappa shape index (κ3) is 4.90. The number of amides is 1. The van der Waals surface area contributed by atoms with E-state index in [4.69, 9.17) is 4.98 Å². The lowest BCUT2D eigenvalue weighted by Gasteiger charge is -2.35. The van der Waals surface area contributed by atoms with Crippen LogP contribution in [-0.2, 0) is 11.8 Å². The Kier molecular flexibility index (Phi) is 6.72. The molecule has 0 saturated carbocycles. The van der Waals surface area contributed by atoms with Gasteiger partial charge in [0.05, 0.1) is 30.6 Å². The Morgan fingerprint density at radius 1 is 0.975 bits per heavy atom. The van der Waals surface area contributed by atoms with Gasteiger partial charge in [-0.1, -0.05) is 30.3 Å². The Hall–Kier alpha value is -5.01. The molecule has 0 radical (unpaired) electrons. The average molecular weight is 533 g/mol. The minimum atomic E-state index is -0.805. The Bertz CT molecular complexity index is 1690. The number of hydrogen-bond donors (Lipinski definition) is 1. The number of nitriles is 1. The van der Waals surface area contributed by atoms with Gasteiger partial charge in [0, 0.05) is 56.7 Å². The number of aliphatic hydroxyl groups excluding tert-OH is 1. The number of hydrogen-bond acceptors (Lipinski definition) is 7. The van der Waals surface area contributed by atoms with Crippen LogP contribution in [0.25, 0.3) is 28.0 Å². The number of aromatic nitrogens is 5. The summed E-state index contributed by atoms with van der Waals surface area (Å²) in [6.07, 6.45) is 6.40. The van der Waals surface area contributed by atoms with Gasteiger partial charge in [-0.3, -0.25) is 13.9 Å². The molecule has 0 aliphatic carbocycles. The Labute approximate surface area is 231 Å². The Morgan fingerprint density at radius 3 is 2.45 bits per heavy atom. The predicted octanol–water partition coefficient (Wildman–Crippen LogP) is 3.44. The summed E-state index contributed by atoms with van der Waals surface area (Å²) in [5.74, 6) is 0.774. The molecule has 0 bridgehead atoms. The van der Waals surface area contributed by atoms with Gasteiger partial charge in [-0.15, -0.1) is 0 Å². The highest BCUT2D eigenvalue weighted by atomic mass is 16.3. The predicted molar refractivity (Wildman–Crippen MR) is 150 cm³/mol. The molecular formula is C30H28N8O2. The van der Waals surface area contributed by atoms with E-state index in [1.165, 1.54) is 0 Å². The number of carbonyl (C=O) groups excluding carboxylic acids is 1. The number of aliphatic hydroxyl groups is 1. The molecule has 1 N–H and O–H groups in total. The molecule has 5 aromatic rings. The number of carbonyl (C=O) groups is 1. The standard InChI is InChI=1S/C30H28N8O2/c1-35-20-24(18-34-35)23-13-26(38-25(16-31)19-33-29(38)14-23)22-7-8-28(32-17-22)36-9-11-37(12-10-36)30(40)15-27(39)21-5-3-2-4-6-21/h2-8,13-14,17-20,27,39H,9-12,15H2,1H3/t27-/m1/s1. The van der Waals surface area contributed by atoms with Crippen molar-refractivity contribution in [3.63, 3.8) is 0 Å². The van der Waals surface area contributed by atoms with Gasteiger partial charge in [-0.2, -0.15) is 10.4 Å². The second kappa shape index (κ2) is 10.6. The first kappa shape index (κ1) is 25.3. The van der Waals surface area contributed by atoms with E-state index in [1.54, 1.807) is 22.0 Å². The number of rotatable bonds is 6. The lowest BCUT2D eigenvalue weighted by molar-refractivity contribution is -0.133. The fraction of sp³-hybridized carbons (Fsp3) is 0.233. The zero-order valence-electron chi connectivity index (χ0n) is 22.1. The van der Waals surface area contributed by atoms with Gasteiger partial charge in [0.2, 0.25) is 5.91 Å². The van der Waals surface area contributed by atoms with Crippen LogP contribution < -0.4 is 4.90 Å². The third-order valence-electron chi connectivity index (χ3n) is 7.31. The van der Waals surface area contributed by atoms with Crippen LogP contribution in [-0.4, -0.2) is 66.2 Å². The summed E-state index contributed by atoms with van der Waals surface area (Å²) in [7, 11) is 1.87. The van der Waals surface area contributed by atoms with E-state index in [0.29, 0.717) is 37.5 Å². The number of imidazole rings is 1. The molecule has 1 fully saturated rings. The molecule has 10 heteroatoms. The van der Waals surface area contributed by atoms with Gasteiger partial charge in [0.25, 0.3) is 0 Å². The largest absolute Gasteiger partial charge is 0.388 e. The zero-order chi connectivity index (χ0) is 27.6. The van der Waals surface area contributed by atoms with E-state index in [0.717, 1.165) is 33.8 Å². The third-order valence-corrected chi connectivity index (χ3v) is 7.31. The quantitative estimate of drug-likeness (QED) is 0.356. The van der Waals surface area contributed by atoms with Gasteiger partial charge < -0.3 is 14.9 Å². The Morgan fingerprint density at radius 2 is 1.77 bits per heavy atom. The van der Waals surface area contributed by atoms with Crippen LogP contribution in [0.1, 0.15) is 23.8 Å². The summed E-state index contributed by atoms with van der Waals surface area (Å²) in [5.41, 5.74) is 5.46. The SMILES string of the molecule is Cn1cc(-c2cc(-c3ccc(N4CCN(C(=O)C[C@@H](O)c5ccccc5)CC4)nc3)n3c(C#N)cnc3c2)cn1. The van der Waals surface area contributed by atoms with Crippen molar-refractivity contribution in [2.75, 3.05) is 31.1 Å². The number of aryl methyl sites for hydroxylation is 1. The number of benzene rings is 1. The molecule has 1 aliphatic rings. The van der Waals surface area contributed by atoms with Crippen LogP contribution in [0.4, 0.5) is 5.82 Å². The molecule has 1 aromatic carbocycles. The molecule has 200 valence electrons. The van der Waals surface area contributed by atoms with Crippen LogP contribution in [0.2, 0.25) is 0 Å². The smallest absolute Gasteiger partial charge is 0.225 e. The van der Waals surface area contributed by atoms with Crippen molar-refractivity contribution < 1.29 is 9.90 Å². The number of piperazine rings is 1. The molecule has 10 nitrogen and oxygen atoms in total. The van der Waals surface area contributed by atoms with Crippen molar-refractivity contribution in [1.29, 1.82) is 5.26 Å². The van der Waals surface area contributed by atoms with Crippen molar-refractivity contribution in [2.24, 2.45) is 7.05 Å². The lowest BCUT2D eigenvalue weighted by atomic mass is 10.1. The van der Waals surface area contributed by atoms with Crippen LogP contribution in [0.15, 0.2) is 79.4 Å². The summed E-state index contributed by atoms with van der Waals surface area (Å²) in [5, 5.41) is 24.4. The summed E-state index contributed by atoms with van der Waals surface area (Å²) >= 11 is 0. The fourth-order valence-corrected chi connectivity index (χ4v) is 5.14. The molecule has 1 amide bonds. The summed E-state index contributed by atoms with van der Waals surface area (Å²) in [4.78, 5) is 25.9. The molecule has 40 heavy (non-hydrogen) atoms. The van der Waals surface area contributed by atoms with Crippen molar-refractivity contribution >= 4 is 17.4 Å². The summed E-state index contributed by atoms with van der Waals surface area (Å²) in [6.45, 7) is 2.44. The normalized spacial score (nSPS) is 14.3. The second-order valence-corrected chi connectivity index (χ2v) is 9.88. The molecule has 4 aromatic heterocycles. The molecule has 1 atom stereocenters. The van der Waals surface area contributed by atoms with E-state index >= 15 is 0 Å². The molecule has 1 saturated heterocycles. The first-order valence-corrected chi connectivity index (χ1v) is 13.1. The molecule has 0 spiro atoms. The minimum absolute atomic E-state index is 0.0505. The molecule has 5 heterocycles.